The number of methoxy groups -OCH3 is 1. The van der Waals surface area contributed by atoms with E-state index in [2.05, 4.69) is 15.9 Å². The summed E-state index contributed by atoms with van der Waals surface area (Å²) in [5, 5.41) is 1.65. The number of halogens is 1. The van der Waals surface area contributed by atoms with Gasteiger partial charge in [-0.15, -0.1) is 0 Å². The standard InChI is InChI=1S/C26H22BrN3O5/c1-34-20-12-11-17(27)13-19(20)22-21-23(26(33)30(25(21)32)18-5-3-2-4-6-18)35-29(22)14-15-7-9-16(10-8-15)24(28)31/h2-13,21-23H,14H2,1H3,(H2,28,31). The number of carbonyl (C=O) groups is 3. The van der Waals surface area contributed by atoms with Gasteiger partial charge >= 0.3 is 0 Å². The van der Waals surface area contributed by atoms with Crippen LogP contribution in [0.25, 0.3) is 0 Å². The first-order valence-corrected chi connectivity index (χ1v) is 11.8. The smallest absolute Gasteiger partial charge is 0.265 e. The predicted molar refractivity (Wildman–Crippen MR) is 131 cm³/mol. The molecule has 8 nitrogen and oxygen atoms in total. The van der Waals surface area contributed by atoms with Crippen LogP contribution in [0.2, 0.25) is 0 Å². The minimum Gasteiger partial charge on any atom is -0.496 e. The molecule has 0 spiro atoms. The van der Waals surface area contributed by atoms with Crippen LogP contribution >= 0.6 is 15.9 Å². The van der Waals surface area contributed by atoms with E-state index in [1.807, 2.05) is 24.3 Å². The number of benzene rings is 3. The fourth-order valence-corrected chi connectivity index (χ4v) is 5.06. The van der Waals surface area contributed by atoms with Crippen molar-refractivity contribution in [3.8, 4) is 5.75 Å². The van der Waals surface area contributed by atoms with Crippen LogP contribution < -0.4 is 15.4 Å². The average Bonchev–Trinajstić information content (AvgIpc) is 3.34. The van der Waals surface area contributed by atoms with Gasteiger partial charge in [0.15, 0.2) is 6.10 Å². The number of nitrogens with zero attached hydrogens (tertiary/aromatic N) is 2. The van der Waals surface area contributed by atoms with Gasteiger partial charge in [-0.3, -0.25) is 19.2 Å². The highest BCUT2D eigenvalue weighted by Gasteiger charge is 2.60. The Morgan fingerprint density at radius 1 is 1.03 bits per heavy atom. The van der Waals surface area contributed by atoms with Crippen molar-refractivity contribution in [2.24, 2.45) is 11.7 Å². The molecule has 178 valence electrons. The summed E-state index contributed by atoms with van der Waals surface area (Å²) in [6.45, 7) is 0.276. The molecule has 2 fully saturated rings. The van der Waals surface area contributed by atoms with Gasteiger partial charge in [0.1, 0.15) is 5.75 Å². The van der Waals surface area contributed by atoms with Crippen LogP contribution in [0.5, 0.6) is 5.75 Å². The van der Waals surface area contributed by atoms with Gasteiger partial charge in [-0.05, 0) is 48.0 Å². The largest absolute Gasteiger partial charge is 0.496 e. The molecule has 3 atom stereocenters. The second kappa shape index (κ2) is 9.26. The van der Waals surface area contributed by atoms with Crippen molar-refractivity contribution in [2.45, 2.75) is 18.7 Å². The van der Waals surface area contributed by atoms with E-state index < -0.39 is 29.9 Å². The summed E-state index contributed by atoms with van der Waals surface area (Å²) in [6, 6.07) is 20.6. The Kier molecular flexibility index (Phi) is 6.14. The Balaban J connectivity index is 1.55. The quantitative estimate of drug-likeness (QED) is 0.484. The minimum atomic E-state index is -0.971. The van der Waals surface area contributed by atoms with E-state index in [0.717, 1.165) is 15.6 Å². The topological polar surface area (TPSA) is 102 Å². The van der Waals surface area contributed by atoms with E-state index in [0.29, 0.717) is 17.0 Å². The third-order valence-electron chi connectivity index (χ3n) is 6.30. The van der Waals surface area contributed by atoms with Crippen LogP contribution in [0.3, 0.4) is 0 Å². The number of ether oxygens (including phenoxy) is 1. The van der Waals surface area contributed by atoms with E-state index in [9.17, 15) is 14.4 Å². The van der Waals surface area contributed by atoms with Gasteiger partial charge < -0.3 is 10.5 Å². The van der Waals surface area contributed by atoms with Gasteiger partial charge in [-0.1, -0.05) is 46.3 Å². The van der Waals surface area contributed by atoms with Crippen molar-refractivity contribution in [1.29, 1.82) is 0 Å². The number of para-hydroxylation sites is 1. The number of anilines is 1. The molecule has 3 unspecified atom stereocenters. The molecule has 2 aliphatic heterocycles. The number of carbonyl (C=O) groups excluding carboxylic acids is 3. The molecular weight excluding hydrogens is 514 g/mol. The molecule has 0 saturated carbocycles. The maximum atomic E-state index is 13.7. The van der Waals surface area contributed by atoms with Gasteiger partial charge in [0, 0.05) is 22.1 Å². The fourth-order valence-electron chi connectivity index (χ4n) is 4.68. The van der Waals surface area contributed by atoms with Crippen molar-refractivity contribution in [2.75, 3.05) is 12.0 Å². The average molecular weight is 536 g/mol. The molecule has 2 saturated heterocycles. The highest BCUT2D eigenvalue weighted by atomic mass is 79.9. The number of fused-ring (bicyclic) bond motifs is 1. The zero-order chi connectivity index (χ0) is 24.7. The maximum absolute atomic E-state index is 13.7. The lowest BCUT2D eigenvalue weighted by molar-refractivity contribution is -0.177. The van der Waals surface area contributed by atoms with Crippen molar-refractivity contribution in [3.63, 3.8) is 0 Å². The highest BCUT2D eigenvalue weighted by molar-refractivity contribution is 9.10. The molecular formula is C26H22BrN3O5. The van der Waals surface area contributed by atoms with Gasteiger partial charge in [0.2, 0.25) is 11.8 Å². The van der Waals surface area contributed by atoms with Gasteiger partial charge in [0.25, 0.3) is 5.91 Å². The molecule has 0 aromatic heterocycles. The zero-order valence-electron chi connectivity index (χ0n) is 18.8. The van der Waals surface area contributed by atoms with Crippen molar-refractivity contribution < 1.29 is 24.0 Å². The number of imide groups is 1. The number of hydroxylamine groups is 2. The number of hydrogen-bond donors (Lipinski definition) is 1. The molecule has 3 aromatic carbocycles. The van der Waals surface area contributed by atoms with Crippen molar-refractivity contribution in [3.05, 3.63) is 94.0 Å². The molecule has 0 radical (unpaired) electrons. The molecule has 35 heavy (non-hydrogen) atoms. The summed E-state index contributed by atoms with van der Waals surface area (Å²) in [7, 11) is 1.56. The second-order valence-corrected chi connectivity index (χ2v) is 9.28. The summed E-state index contributed by atoms with van der Waals surface area (Å²) in [6.07, 6.45) is -0.971. The minimum absolute atomic E-state index is 0.276. The molecule has 3 aromatic rings. The lowest BCUT2D eigenvalue weighted by atomic mass is 9.90. The molecule has 5 rings (SSSR count). The Labute approximate surface area is 210 Å². The molecule has 3 amide bonds. The normalized spacial score (nSPS) is 21.9. The van der Waals surface area contributed by atoms with E-state index in [-0.39, 0.29) is 12.5 Å². The maximum Gasteiger partial charge on any atom is 0.265 e. The number of primary amides is 1. The molecule has 0 aliphatic carbocycles. The summed E-state index contributed by atoms with van der Waals surface area (Å²) < 4.78 is 6.42. The number of rotatable bonds is 6. The first-order chi connectivity index (χ1) is 16.9. The van der Waals surface area contributed by atoms with Crippen LogP contribution in [0.15, 0.2) is 77.3 Å². The van der Waals surface area contributed by atoms with Crippen molar-refractivity contribution >= 4 is 39.3 Å². The highest BCUT2D eigenvalue weighted by Crippen LogP contribution is 2.48. The molecule has 2 heterocycles. The van der Waals surface area contributed by atoms with Crippen LogP contribution in [0.1, 0.15) is 27.5 Å². The Bertz CT molecular complexity index is 1300. The summed E-state index contributed by atoms with van der Waals surface area (Å²) >= 11 is 3.51. The summed E-state index contributed by atoms with van der Waals surface area (Å²) in [5.74, 6) is -1.44. The first-order valence-electron chi connectivity index (χ1n) is 11.0. The predicted octanol–water partition coefficient (Wildman–Crippen LogP) is 3.60. The molecule has 9 heteroatoms. The molecule has 0 bridgehead atoms. The first kappa shape index (κ1) is 23.2. The van der Waals surface area contributed by atoms with Gasteiger partial charge in [-0.2, -0.15) is 5.06 Å². The SMILES string of the molecule is COc1ccc(Br)cc1C1C2C(=O)N(c3ccccc3)C(=O)C2ON1Cc1ccc(C(N)=O)cc1. The number of amides is 3. The van der Waals surface area contributed by atoms with E-state index in [4.69, 9.17) is 15.3 Å². The van der Waals surface area contributed by atoms with E-state index in [1.54, 1.807) is 60.7 Å². The van der Waals surface area contributed by atoms with Crippen molar-refractivity contribution in [1.82, 2.24) is 5.06 Å². The number of nitrogens with two attached hydrogens (primary N) is 1. The lowest BCUT2D eigenvalue weighted by Crippen LogP contribution is -2.37. The Morgan fingerprint density at radius 3 is 2.40 bits per heavy atom. The summed E-state index contributed by atoms with van der Waals surface area (Å²) in [4.78, 5) is 45.9. The van der Waals surface area contributed by atoms with E-state index >= 15 is 0 Å². The fraction of sp³-hybridized carbons (Fsp3) is 0.192. The zero-order valence-corrected chi connectivity index (χ0v) is 20.3. The van der Waals surface area contributed by atoms with E-state index in [1.165, 1.54) is 4.90 Å². The van der Waals surface area contributed by atoms with Crippen LogP contribution in [0.4, 0.5) is 5.69 Å². The second-order valence-electron chi connectivity index (χ2n) is 8.37. The summed E-state index contributed by atoms with van der Waals surface area (Å²) in [5.41, 5.74) is 7.80. The lowest BCUT2D eigenvalue weighted by Gasteiger charge is -2.28. The third-order valence-corrected chi connectivity index (χ3v) is 6.79. The molecule has 2 aliphatic rings. The number of hydrogen-bond acceptors (Lipinski definition) is 6. The third kappa shape index (κ3) is 4.12. The van der Waals surface area contributed by atoms with Crippen LogP contribution in [0, 0.1) is 5.92 Å². The van der Waals surface area contributed by atoms with Crippen LogP contribution in [-0.4, -0.2) is 36.0 Å². The van der Waals surface area contributed by atoms with Gasteiger partial charge in [-0.25, -0.2) is 4.90 Å². The Hall–Kier alpha value is -3.53. The monoisotopic (exact) mass is 535 g/mol. The molecule has 2 N–H and O–H groups in total. The Morgan fingerprint density at radius 2 is 1.74 bits per heavy atom. The van der Waals surface area contributed by atoms with Crippen LogP contribution in [-0.2, 0) is 21.0 Å². The van der Waals surface area contributed by atoms with Gasteiger partial charge in [0.05, 0.1) is 24.8 Å².